The first kappa shape index (κ1) is 17.2. The van der Waals surface area contributed by atoms with Gasteiger partial charge in [-0.05, 0) is 18.4 Å². The number of aromatic nitrogens is 1. The van der Waals surface area contributed by atoms with Gasteiger partial charge in [0, 0.05) is 31.5 Å². The number of rotatable bonds is 4. The number of hydrogen-bond acceptors (Lipinski definition) is 3. The van der Waals surface area contributed by atoms with Gasteiger partial charge in [0.2, 0.25) is 0 Å². The third kappa shape index (κ3) is 4.07. The molecule has 2 heterocycles. The van der Waals surface area contributed by atoms with Gasteiger partial charge in [0.1, 0.15) is 11.6 Å². The van der Waals surface area contributed by atoms with Crippen LogP contribution in [0.3, 0.4) is 0 Å². The number of likely N-dealkylation sites (tertiary alicyclic amines) is 1. The lowest BCUT2D eigenvalue weighted by Gasteiger charge is -2.32. The lowest BCUT2D eigenvalue weighted by Crippen LogP contribution is -2.43. The summed E-state index contributed by atoms with van der Waals surface area (Å²) in [4.78, 5) is 29.9. The van der Waals surface area contributed by atoms with Gasteiger partial charge < -0.3 is 4.90 Å². The van der Waals surface area contributed by atoms with Gasteiger partial charge in [-0.15, -0.1) is 0 Å². The summed E-state index contributed by atoms with van der Waals surface area (Å²) in [6, 6.07) is 10.1. The van der Waals surface area contributed by atoms with E-state index in [1.807, 2.05) is 30.3 Å². The second-order valence-electron chi connectivity index (χ2n) is 6.20. The maximum atomic E-state index is 13.8. The molecule has 3 rings (SSSR count). The lowest BCUT2D eigenvalue weighted by molar-refractivity contribution is -0.123. The van der Waals surface area contributed by atoms with Crippen LogP contribution in [0.4, 0.5) is 8.78 Å². The van der Waals surface area contributed by atoms with E-state index in [0.29, 0.717) is 31.9 Å². The Labute approximate surface area is 144 Å². The first-order chi connectivity index (χ1) is 12.0. The first-order valence-electron chi connectivity index (χ1n) is 8.21. The molecule has 0 spiro atoms. The largest absolute Gasteiger partial charge is 0.336 e. The molecule has 1 aliphatic rings. The number of pyridine rings is 1. The van der Waals surface area contributed by atoms with Gasteiger partial charge in [-0.2, -0.15) is 0 Å². The van der Waals surface area contributed by atoms with E-state index in [-0.39, 0.29) is 18.2 Å². The van der Waals surface area contributed by atoms with E-state index in [1.165, 1.54) is 4.90 Å². The van der Waals surface area contributed by atoms with E-state index in [0.717, 1.165) is 11.8 Å². The highest BCUT2D eigenvalue weighted by Gasteiger charge is 2.30. The third-order valence-electron chi connectivity index (χ3n) is 4.40. The van der Waals surface area contributed by atoms with E-state index in [2.05, 4.69) is 4.98 Å². The Morgan fingerprint density at radius 3 is 2.68 bits per heavy atom. The van der Waals surface area contributed by atoms with Gasteiger partial charge in [0.05, 0.1) is 6.20 Å². The van der Waals surface area contributed by atoms with Crippen LogP contribution in [0.1, 0.15) is 28.9 Å². The van der Waals surface area contributed by atoms with Crippen molar-refractivity contribution < 1.29 is 18.4 Å². The van der Waals surface area contributed by atoms with Crippen molar-refractivity contribution in [2.24, 2.45) is 5.92 Å². The van der Waals surface area contributed by atoms with Crippen molar-refractivity contribution in [3.63, 3.8) is 0 Å². The van der Waals surface area contributed by atoms with Crippen LogP contribution in [-0.2, 0) is 11.2 Å². The molecule has 1 fully saturated rings. The average Bonchev–Trinajstić information content (AvgIpc) is 2.62. The van der Waals surface area contributed by atoms with Crippen LogP contribution in [0.2, 0.25) is 0 Å². The minimum absolute atomic E-state index is 0.0660. The van der Waals surface area contributed by atoms with Crippen molar-refractivity contribution in [3.05, 3.63) is 65.5 Å². The Morgan fingerprint density at radius 1 is 1.20 bits per heavy atom. The molecule has 0 radical (unpaired) electrons. The SMILES string of the molecule is O=C(Cc1ccccc1)C1CCCN(C(=O)c2ncc(F)cc2F)C1. The lowest BCUT2D eigenvalue weighted by atomic mass is 9.90. The minimum atomic E-state index is -0.984. The predicted molar refractivity (Wildman–Crippen MR) is 87.9 cm³/mol. The number of Topliss-reactive ketones (excluding diaryl/α,β-unsaturated/α-hetero) is 1. The Bertz CT molecular complexity index is 780. The highest BCUT2D eigenvalue weighted by molar-refractivity contribution is 5.93. The van der Waals surface area contributed by atoms with Gasteiger partial charge in [-0.1, -0.05) is 30.3 Å². The molecule has 1 aromatic heterocycles. The van der Waals surface area contributed by atoms with Crippen molar-refractivity contribution in [2.75, 3.05) is 13.1 Å². The molecule has 1 unspecified atom stereocenters. The molecule has 1 aromatic carbocycles. The van der Waals surface area contributed by atoms with Crippen molar-refractivity contribution in [1.82, 2.24) is 9.88 Å². The van der Waals surface area contributed by atoms with Gasteiger partial charge >= 0.3 is 0 Å². The molecule has 1 amide bonds. The zero-order chi connectivity index (χ0) is 17.8. The molecule has 2 aromatic rings. The van der Waals surface area contributed by atoms with Crippen LogP contribution >= 0.6 is 0 Å². The van der Waals surface area contributed by atoms with Crippen LogP contribution in [0.25, 0.3) is 0 Å². The number of benzene rings is 1. The number of hydrogen-bond donors (Lipinski definition) is 0. The second kappa shape index (κ2) is 7.51. The normalized spacial score (nSPS) is 17.4. The number of carbonyl (C=O) groups excluding carboxylic acids is 2. The standard InChI is InChI=1S/C19H18F2N2O2/c20-15-10-16(21)18(22-11-15)19(25)23-8-4-7-14(12-23)17(24)9-13-5-2-1-3-6-13/h1-3,5-6,10-11,14H,4,7-9,12H2. The summed E-state index contributed by atoms with van der Waals surface area (Å²) < 4.78 is 26.7. The maximum absolute atomic E-state index is 13.8. The molecule has 0 aliphatic carbocycles. The molecule has 1 atom stereocenters. The topological polar surface area (TPSA) is 50.3 Å². The highest BCUT2D eigenvalue weighted by atomic mass is 19.1. The van der Waals surface area contributed by atoms with Crippen molar-refractivity contribution in [2.45, 2.75) is 19.3 Å². The average molecular weight is 344 g/mol. The molecule has 0 saturated carbocycles. The highest BCUT2D eigenvalue weighted by Crippen LogP contribution is 2.21. The fourth-order valence-corrected chi connectivity index (χ4v) is 3.09. The van der Waals surface area contributed by atoms with Crippen LogP contribution in [0.5, 0.6) is 0 Å². The first-order valence-corrected chi connectivity index (χ1v) is 8.21. The number of nitrogens with zero attached hydrogens (tertiary/aromatic N) is 2. The monoisotopic (exact) mass is 344 g/mol. The summed E-state index contributed by atoms with van der Waals surface area (Å²) in [5, 5.41) is 0. The zero-order valence-corrected chi connectivity index (χ0v) is 13.6. The quantitative estimate of drug-likeness (QED) is 0.857. The van der Waals surface area contributed by atoms with E-state index in [9.17, 15) is 18.4 Å². The molecule has 130 valence electrons. The van der Waals surface area contributed by atoms with Crippen LogP contribution in [-0.4, -0.2) is 34.7 Å². The maximum Gasteiger partial charge on any atom is 0.275 e. The zero-order valence-electron chi connectivity index (χ0n) is 13.6. The Kier molecular flexibility index (Phi) is 5.16. The summed E-state index contributed by atoms with van der Waals surface area (Å²) in [6.07, 6.45) is 2.50. The Morgan fingerprint density at radius 2 is 1.96 bits per heavy atom. The van der Waals surface area contributed by atoms with E-state index < -0.39 is 23.2 Å². The van der Waals surface area contributed by atoms with Gasteiger partial charge in [-0.25, -0.2) is 13.8 Å². The summed E-state index contributed by atoms with van der Waals surface area (Å²) in [5.41, 5.74) is 0.528. The number of carbonyl (C=O) groups is 2. The summed E-state index contributed by atoms with van der Waals surface area (Å²) >= 11 is 0. The van der Waals surface area contributed by atoms with Crippen molar-refractivity contribution in [3.8, 4) is 0 Å². The molecule has 4 nitrogen and oxygen atoms in total. The molecular weight excluding hydrogens is 326 g/mol. The summed E-state index contributed by atoms with van der Waals surface area (Å²) in [6.45, 7) is 0.676. The minimum Gasteiger partial charge on any atom is -0.336 e. The van der Waals surface area contributed by atoms with E-state index in [1.54, 1.807) is 0 Å². The molecule has 1 saturated heterocycles. The summed E-state index contributed by atoms with van der Waals surface area (Å²) in [5.74, 6) is -2.63. The fourth-order valence-electron chi connectivity index (χ4n) is 3.09. The molecular formula is C19H18F2N2O2. The van der Waals surface area contributed by atoms with Gasteiger partial charge in [0.25, 0.3) is 5.91 Å². The number of piperidine rings is 1. The molecule has 25 heavy (non-hydrogen) atoms. The number of halogens is 2. The third-order valence-corrected chi connectivity index (χ3v) is 4.40. The second-order valence-corrected chi connectivity index (χ2v) is 6.20. The molecule has 0 bridgehead atoms. The predicted octanol–water partition coefficient (Wildman–Crippen LogP) is 3.02. The molecule has 1 aliphatic heterocycles. The van der Waals surface area contributed by atoms with Gasteiger partial charge in [-0.3, -0.25) is 9.59 Å². The fraction of sp³-hybridized carbons (Fsp3) is 0.316. The van der Waals surface area contributed by atoms with E-state index in [4.69, 9.17) is 0 Å². The Balaban J connectivity index is 1.68. The van der Waals surface area contributed by atoms with Crippen LogP contribution in [0.15, 0.2) is 42.6 Å². The summed E-state index contributed by atoms with van der Waals surface area (Å²) in [7, 11) is 0. The smallest absolute Gasteiger partial charge is 0.275 e. The van der Waals surface area contributed by atoms with Crippen LogP contribution < -0.4 is 0 Å². The van der Waals surface area contributed by atoms with Crippen molar-refractivity contribution in [1.29, 1.82) is 0 Å². The van der Waals surface area contributed by atoms with Crippen LogP contribution in [0, 0.1) is 17.6 Å². The Hall–Kier alpha value is -2.63. The van der Waals surface area contributed by atoms with E-state index >= 15 is 0 Å². The molecule has 6 heteroatoms. The van der Waals surface area contributed by atoms with Gasteiger partial charge in [0.15, 0.2) is 11.5 Å². The van der Waals surface area contributed by atoms with Crippen molar-refractivity contribution >= 4 is 11.7 Å². The number of amides is 1. The number of ketones is 1. The molecule has 0 N–H and O–H groups in total.